The number of carbonyl (C=O) groups excluding carboxylic acids is 1. The molecule has 0 bridgehead atoms. The van der Waals surface area contributed by atoms with Crippen LogP contribution >= 0.6 is 0 Å². The van der Waals surface area contributed by atoms with Crippen molar-refractivity contribution in [2.24, 2.45) is 0 Å². The molecule has 142 valence electrons. The van der Waals surface area contributed by atoms with Crippen LogP contribution in [0, 0.1) is 5.82 Å². The van der Waals surface area contributed by atoms with E-state index in [0.29, 0.717) is 10.9 Å². The highest BCUT2D eigenvalue weighted by atomic mass is 32.2. The van der Waals surface area contributed by atoms with Gasteiger partial charge in [0.05, 0.1) is 17.5 Å². The van der Waals surface area contributed by atoms with Crippen LogP contribution in [0.3, 0.4) is 0 Å². The fraction of sp³-hybridized carbons (Fsp3) is 0.167. The van der Waals surface area contributed by atoms with Gasteiger partial charge in [-0.15, -0.1) is 0 Å². The highest BCUT2D eigenvalue weighted by Gasteiger charge is 2.25. The maximum Gasteiger partial charge on any atom is 0.255 e. The van der Waals surface area contributed by atoms with Crippen LogP contribution in [-0.2, 0) is 10.0 Å². The number of carbonyl (C=O) groups is 1. The van der Waals surface area contributed by atoms with Crippen molar-refractivity contribution in [3.8, 4) is 17.1 Å². The zero-order valence-electron chi connectivity index (χ0n) is 14.8. The molecule has 1 heterocycles. The molecule has 2 N–H and O–H groups in total. The van der Waals surface area contributed by atoms with E-state index in [2.05, 4.69) is 5.32 Å². The van der Waals surface area contributed by atoms with Crippen molar-refractivity contribution in [2.75, 3.05) is 24.7 Å². The number of sulfonamides is 1. The van der Waals surface area contributed by atoms with Crippen molar-refractivity contribution < 1.29 is 27.1 Å². The van der Waals surface area contributed by atoms with E-state index in [4.69, 9.17) is 4.42 Å². The number of benzene rings is 2. The average molecular weight is 392 g/mol. The highest BCUT2D eigenvalue weighted by Crippen LogP contribution is 2.40. The number of fused-ring (bicyclic) bond motifs is 1. The van der Waals surface area contributed by atoms with Crippen molar-refractivity contribution in [3.05, 3.63) is 47.8 Å². The first kappa shape index (κ1) is 18.7. The number of phenolic OH excluding ortho intramolecular Hbond substituents is 1. The molecule has 1 amide bonds. The first-order valence-electron chi connectivity index (χ1n) is 7.85. The first-order chi connectivity index (χ1) is 12.6. The van der Waals surface area contributed by atoms with Crippen LogP contribution in [-0.4, -0.2) is 39.8 Å². The van der Waals surface area contributed by atoms with Gasteiger partial charge in [0.15, 0.2) is 0 Å². The summed E-state index contributed by atoms with van der Waals surface area (Å²) in [6.45, 7) is 0. The Bertz CT molecular complexity index is 1140. The summed E-state index contributed by atoms with van der Waals surface area (Å²) in [5.41, 5.74) is 0.829. The molecule has 0 aliphatic heterocycles. The lowest BCUT2D eigenvalue weighted by Crippen LogP contribution is -2.24. The number of aromatic hydroxyl groups is 1. The van der Waals surface area contributed by atoms with Crippen molar-refractivity contribution in [3.63, 3.8) is 0 Å². The van der Waals surface area contributed by atoms with Crippen molar-refractivity contribution in [1.82, 2.24) is 5.32 Å². The Morgan fingerprint density at radius 2 is 1.85 bits per heavy atom. The molecule has 0 atom stereocenters. The van der Waals surface area contributed by atoms with Gasteiger partial charge < -0.3 is 14.8 Å². The van der Waals surface area contributed by atoms with E-state index in [1.54, 1.807) is 0 Å². The SMILES string of the molecule is CNC(=O)c1c(-c2ccc(F)cc2)oc2cc(N(C)S(C)(=O)=O)c(O)cc12. The third kappa shape index (κ3) is 3.33. The Kier molecular flexibility index (Phi) is 4.56. The summed E-state index contributed by atoms with van der Waals surface area (Å²) in [7, 11) is -0.880. The molecule has 0 aliphatic rings. The number of halogens is 1. The van der Waals surface area contributed by atoms with Gasteiger partial charge in [0.2, 0.25) is 10.0 Å². The lowest BCUT2D eigenvalue weighted by molar-refractivity contribution is 0.0964. The Labute approximate surface area is 155 Å². The number of phenols is 1. The van der Waals surface area contributed by atoms with Crippen LogP contribution in [0.25, 0.3) is 22.3 Å². The molecule has 3 rings (SSSR count). The van der Waals surface area contributed by atoms with Crippen molar-refractivity contribution in [1.29, 1.82) is 0 Å². The smallest absolute Gasteiger partial charge is 0.255 e. The fourth-order valence-electron chi connectivity index (χ4n) is 2.71. The van der Waals surface area contributed by atoms with E-state index in [0.717, 1.165) is 10.6 Å². The van der Waals surface area contributed by atoms with Crippen LogP contribution < -0.4 is 9.62 Å². The molecule has 0 saturated heterocycles. The zero-order valence-corrected chi connectivity index (χ0v) is 15.6. The number of nitrogens with zero attached hydrogens (tertiary/aromatic N) is 1. The molecule has 0 spiro atoms. The molecular weight excluding hydrogens is 375 g/mol. The summed E-state index contributed by atoms with van der Waals surface area (Å²) < 4.78 is 43.5. The molecule has 0 unspecified atom stereocenters. The molecule has 0 aliphatic carbocycles. The summed E-state index contributed by atoms with van der Waals surface area (Å²) in [5, 5.41) is 13.1. The van der Waals surface area contributed by atoms with E-state index in [1.807, 2.05) is 0 Å². The second-order valence-corrected chi connectivity index (χ2v) is 7.97. The lowest BCUT2D eigenvalue weighted by Gasteiger charge is -2.17. The van der Waals surface area contributed by atoms with Gasteiger partial charge in [0.25, 0.3) is 5.91 Å². The Balaban J connectivity index is 2.30. The van der Waals surface area contributed by atoms with Gasteiger partial charge in [-0.1, -0.05) is 0 Å². The summed E-state index contributed by atoms with van der Waals surface area (Å²) in [6, 6.07) is 8.00. The number of rotatable bonds is 4. The molecule has 2 aromatic carbocycles. The highest BCUT2D eigenvalue weighted by molar-refractivity contribution is 7.92. The van der Waals surface area contributed by atoms with Gasteiger partial charge >= 0.3 is 0 Å². The molecule has 7 nitrogen and oxygen atoms in total. The van der Waals surface area contributed by atoms with E-state index < -0.39 is 21.7 Å². The Morgan fingerprint density at radius 3 is 2.41 bits per heavy atom. The van der Waals surface area contributed by atoms with Crippen LogP contribution in [0.4, 0.5) is 10.1 Å². The van der Waals surface area contributed by atoms with Gasteiger partial charge in [-0.25, -0.2) is 12.8 Å². The molecular formula is C18H17FN2O5S. The molecule has 1 aromatic heterocycles. The minimum atomic E-state index is -3.62. The van der Waals surface area contributed by atoms with Gasteiger partial charge in [-0.2, -0.15) is 0 Å². The van der Waals surface area contributed by atoms with E-state index in [9.17, 15) is 22.7 Å². The largest absolute Gasteiger partial charge is 0.506 e. The third-order valence-corrected chi connectivity index (χ3v) is 5.37. The maximum atomic E-state index is 13.2. The third-order valence-electron chi connectivity index (χ3n) is 4.18. The molecule has 0 saturated carbocycles. The lowest BCUT2D eigenvalue weighted by atomic mass is 10.0. The van der Waals surface area contributed by atoms with Crippen LogP contribution in [0.15, 0.2) is 40.8 Å². The molecule has 0 radical (unpaired) electrons. The maximum absolute atomic E-state index is 13.2. The number of anilines is 1. The molecule has 9 heteroatoms. The summed E-state index contributed by atoms with van der Waals surface area (Å²) in [6.07, 6.45) is 0.999. The van der Waals surface area contributed by atoms with Gasteiger partial charge in [0, 0.05) is 31.1 Å². The van der Waals surface area contributed by atoms with E-state index >= 15 is 0 Å². The molecule has 0 fully saturated rings. The fourth-order valence-corrected chi connectivity index (χ4v) is 3.21. The van der Waals surface area contributed by atoms with Gasteiger partial charge in [-0.05, 0) is 30.3 Å². The zero-order chi connectivity index (χ0) is 19.9. The minimum Gasteiger partial charge on any atom is -0.506 e. The standard InChI is InChI=1S/C18H17FN2O5S/c1-20-18(23)16-12-8-14(22)13(21(2)27(3,24)25)9-15(12)26-17(16)10-4-6-11(19)7-5-10/h4-9,22H,1-3H3,(H,20,23). The van der Waals surface area contributed by atoms with Crippen LogP contribution in [0.2, 0.25) is 0 Å². The molecule has 3 aromatic rings. The average Bonchev–Trinajstić information content (AvgIpc) is 2.97. The van der Waals surface area contributed by atoms with Crippen LogP contribution in [0.5, 0.6) is 5.75 Å². The monoisotopic (exact) mass is 392 g/mol. The Hall–Kier alpha value is -3.07. The van der Waals surface area contributed by atoms with Crippen molar-refractivity contribution >= 4 is 32.6 Å². The second kappa shape index (κ2) is 6.58. The number of furan rings is 1. The number of nitrogens with one attached hydrogen (secondary N) is 1. The van der Waals surface area contributed by atoms with Gasteiger partial charge in [0.1, 0.15) is 22.9 Å². The predicted molar refractivity (Wildman–Crippen MR) is 99.9 cm³/mol. The normalized spacial score (nSPS) is 11.6. The van der Waals surface area contributed by atoms with E-state index in [1.165, 1.54) is 50.5 Å². The minimum absolute atomic E-state index is 0.00728. The summed E-state index contributed by atoms with van der Waals surface area (Å²) in [4.78, 5) is 12.4. The predicted octanol–water partition coefficient (Wildman–Crippen LogP) is 2.70. The number of hydrogen-bond donors (Lipinski definition) is 2. The quantitative estimate of drug-likeness (QED) is 0.711. The summed E-state index contributed by atoms with van der Waals surface area (Å²) in [5.74, 6) is -1.04. The number of hydrogen-bond acceptors (Lipinski definition) is 5. The van der Waals surface area contributed by atoms with Crippen LogP contribution in [0.1, 0.15) is 10.4 Å². The Morgan fingerprint density at radius 1 is 1.22 bits per heavy atom. The molecule has 27 heavy (non-hydrogen) atoms. The summed E-state index contributed by atoms with van der Waals surface area (Å²) >= 11 is 0. The first-order valence-corrected chi connectivity index (χ1v) is 9.69. The topological polar surface area (TPSA) is 99.9 Å². The van der Waals surface area contributed by atoms with Crippen molar-refractivity contribution in [2.45, 2.75) is 0 Å². The second-order valence-electron chi connectivity index (χ2n) is 5.96. The van der Waals surface area contributed by atoms with E-state index in [-0.39, 0.29) is 28.3 Å². The number of amides is 1. The van der Waals surface area contributed by atoms with Gasteiger partial charge in [-0.3, -0.25) is 9.10 Å².